The molecule has 0 aliphatic heterocycles. The van der Waals surface area contributed by atoms with Gasteiger partial charge in [0.1, 0.15) is 5.75 Å². The van der Waals surface area contributed by atoms with E-state index >= 15 is 0 Å². The molecule has 0 heterocycles. The lowest BCUT2D eigenvalue weighted by Gasteiger charge is -2.09. The van der Waals surface area contributed by atoms with Gasteiger partial charge in [-0.2, -0.15) is 0 Å². The monoisotopic (exact) mass is 191 g/mol. The van der Waals surface area contributed by atoms with Gasteiger partial charge in [0, 0.05) is 6.54 Å². The average molecular weight is 191 g/mol. The second-order valence-corrected chi connectivity index (χ2v) is 3.81. The molecule has 0 bridgehead atoms. The van der Waals surface area contributed by atoms with Crippen molar-refractivity contribution in [3.63, 3.8) is 0 Å². The van der Waals surface area contributed by atoms with Crippen LogP contribution in [0.4, 0.5) is 0 Å². The molecule has 76 valence electrons. The maximum absolute atomic E-state index is 5.71. The molecule has 0 atom stereocenters. The summed E-state index contributed by atoms with van der Waals surface area (Å²) in [6.45, 7) is 2.75. The molecule has 1 aromatic rings. The molecule has 0 saturated heterocycles. The lowest BCUT2D eigenvalue weighted by molar-refractivity contribution is 0.303. The summed E-state index contributed by atoms with van der Waals surface area (Å²) < 4.78 is 5.71. The highest BCUT2D eigenvalue weighted by atomic mass is 16.5. The van der Waals surface area contributed by atoms with Gasteiger partial charge in [0.2, 0.25) is 0 Å². The van der Waals surface area contributed by atoms with Crippen LogP contribution in [0.25, 0.3) is 0 Å². The Hall–Kier alpha value is -1.02. The molecule has 1 aromatic carbocycles. The molecule has 1 fully saturated rings. The van der Waals surface area contributed by atoms with Crippen molar-refractivity contribution in [1.29, 1.82) is 0 Å². The topological polar surface area (TPSA) is 35.2 Å². The molecule has 1 saturated carbocycles. The van der Waals surface area contributed by atoms with Gasteiger partial charge in [0.25, 0.3) is 0 Å². The van der Waals surface area contributed by atoms with Gasteiger partial charge in [0.15, 0.2) is 0 Å². The van der Waals surface area contributed by atoms with Gasteiger partial charge in [-0.25, -0.2) is 0 Å². The molecule has 0 radical (unpaired) electrons. The van der Waals surface area contributed by atoms with E-state index in [9.17, 15) is 0 Å². The van der Waals surface area contributed by atoms with Crippen molar-refractivity contribution in [2.24, 2.45) is 5.73 Å². The van der Waals surface area contributed by atoms with E-state index in [1.54, 1.807) is 0 Å². The van der Waals surface area contributed by atoms with Crippen molar-refractivity contribution in [1.82, 2.24) is 0 Å². The Balaban J connectivity index is 2.16. The Kier molecular flexibility index (Phi) is 2.73. The van der Waals surface area contributed by atoms with E-state index in [4.69, 9.17) is 10.5 Å². The van der Waals surface area contributed by atoms with Crippen molar-refractivity contribution >= 4 is 0 Å². The van der Waals surface area contributed by atoms with Crippen LogP contribution in [0.3, 0.4) is 0 Å². The highest BCUT2D eigenvalue weighted by Crippen LogP contribution is 2.28. The normalized spacial score (nSPS) is 15.6. The van der Waals surface area contributed by atoms with Gasteiger partial charge < -0.3 is 10.5 Å². The van der Waals surface area contributed by atoms with Crippen molar-refractivity contribution in [2.45, 2.75) is 38.8 Å². The average Bonchev–Trinajstić information content (AvgIpc) is 3.01. The summed E-state index contributed by atoms with van der Waals surface area (Å²) in [5.41, 5.74) is 8.23. The van der Waals surface area contributed by atoms with Gasteiger partial charge in [-0.05, 0) is 42.5 Å². The minimum Gasteiger partial charge on any atom is -0.490 e. The Bertz CT molecular complexity index is 318. The molecule has 1 aliphatic rings. The predicted octanol–water partition coefficient (Wildman–Crippen LogP) is 2.25. The Labute approximate surface area is 85.1 Å². The van der Waals surface area contributed by atoms with E-state index in [-0.39, 0.29) is 0 Å². The van der Waals surface area contributed by atoms with E-state index < -0.39 is 0 Å². The largest absolute Gasteiger partial charge is 0.490 e. The summed E-state index contributed by atoms with van der Waals surface area (Å²) >= 11 is 0. The van der Waals surface area contributed by atoms with Gasteiger partial charge in [-0.15, -0.1) is 0 Å². The molecular weight excluding hydrogens is 174 g/mol. The minimum absolute atomic E-state index is 0.466. The quantitative estimate of drug-likeness (QED) is 0.792. The number of nitrogens with two attached hydrogens (primary N) is 1. The van der Waals surface area contributed by atoms with Gasteiger partial charge >= 0.3 is 0 Å². The Morgan fingerprint density at radius 2 is 2.14 bits per heavy atom. The molecule has 0 unspecified atom stereocenters. The van der Waals surface area contributed by atoms with Crippen LogP contribution in [0.2, 0.25) is 0 Å². The van der Waals surface area contributed by atoms with Crippen molar-refractivity contribution in [2.75, 3.05) is 0 Å². The summed E-state index contributed by atoms with van der Waals surface area (Å²) in [4.78, 5) is 0. The smallest absolute Gasteiger partial charge is 0.120 e. The first-order valence-electron chi connectivity index (χ1n) is 5.32. The van der Waals surface area contributed by atoms with Crippen LogP contribution in [-0.4, -0.2) is 6.10 Å². The second-order valence-electron chi connectivity index (χ2n) is 3.81. The SMILES string of the molecule is CCc1ccc(OC2CC2)cc1CN. The van der Waals surface area contributed by atoms with Crippen LogP contribution in [0.5, 0.6) is 5.75 Å². The molecular formula is C12H17NO. The first kappa shape index (κ1) is 9.53. The lowest BCUT2D eigenvalue weighted by Crippen LogP contribution is -2.03. The van der Waals surface area contributed by atoms with Crippen molar-refractivity contribution < 1.29 is 4.74 Å². The third-order valence-corrected chi connectivity index (χ3v) is 2.61. The summed E-state index contributed by atoms with van der Waals surface area (Å²) in [6, 6.07) is 6.26. The molecule has 0 spiro atoms. The maximum atomic E-state index is 5.71. The van der Waals surface area contributed by atoms with Crippen LogP contribution in [0.15, 0.2) is 18.2 Å². The van der Waals surface area contributed by atoms with Gasteiger partial charge in [0.05, 0.1) is 6.10 Å². The van der Waals surface area contributed by atoms with E-state index in [1.165, 1.54) is 24.0 Å². The second kappa shape index (κ2) is 4.01. The maximum Gasteiger partial charge on any atom is 0.120 e. The number of hydrogen-bond acceptors (Lipinski definition) is 2. The van der Waals surface area contributed by atoms with Crippen LogP contribution in [0, 0.1) is 0 Å². The highest BCUT2D eigenvalue weighted by molar-refractivity contribution is 5.36. The summed E-state index contributed by atoms with van der Waals surface area (Å²) in [5.74, 6) is 0.977. The third kappa shape index (κ3) is 2.07. The number of rotatable bonds is 4. The zero-order chi connectivity index (χ0) is 9.97. The number of benzene rings is 1. The fourth-order valence-electron chi connectivity index (χ4n) is 1.59. The number of ether oxygens (including phenoxy) is 1. The fraction of sp³-hybridized carbons (Fsp3) is 0.500. The Morgan fingerprint density at radius 3 is 2.71 bits per heavy atom. The summed E-state index contributed by atoms with van der Waals surface area (Å²) in [5, 5.41) is 0. The molecule has 2 heteroatoms. The van der Waals surface area contributed by atoms with E-state index in [0.717, 1.165) is 12.2 Å². The van der Waals surface area contributed by atoms with E-state index in [1.807, 2.05) is 0 Å². The molecule has 1 aliphatic carbocycles. The van der Waals surface area contributed by atoms with Crippen LogP contribution in [0.1, 0.15) is 30.9 Å². The molecule has 2 rings (SSSR count). The Morgan fingerprint density at radius 1 is 1.36 bits per heavy atom. The highest BCUT2D eigenvalue weighted by Gasteiger charge is 2.23. The zero-order valence-electron chi connectivity index (χ0n) is 8.62. The first-order chi connectivity index (χ1) is 6.83. The standard InChI is InChI=1S/C12H17NO/c1-2-9-3-4-12(7-10(9)8-13)14-11-5-6-11/h3-4,7,11H,2,5-6,8,13H2,1H3. The lowest BCUT2D eigenvalue weighted by atomic mass is 10.1. The number of hydrogen-bond donors (Lipinski definition) is 1. The molecule has 14 heavy (non-hydrogen) atoms. The van der Waals surface area contributed by atoms with E-state index in [2.05, 4.69) is 25.1 Å². The zero-order valence-corrected chi connectivity index (χ0v) is 8.62. The molecule has 2 nitrogen and oxygen atoms in total. The first-order valence-corrected chi connectivity index (χ1v) is 5.32. The summed E-state index contributed by atoms with van der Waals surface area (Å²) in [6.07, 6.45) is 3.91. The van der Waals surface area contributed by atoms with Crippen LogP contribution < -0.4 is 10.5 Å². The fourth-order valence-corrected chi connectivity index (χ4v) is 1.59. The predicted molar refractivity (Wildman–Crippen MR) is 57.4 cm³/mol. The van der Waals surface area contributed by atoms with Gasteiger partial charge in [-0.1, -0.05) is 13.0 Å². The van der Waals surface area contributed by atoms with Crippen LogP contribution in [-0.2, 0) is 13.0 Å². The van der Waals surface area contributed by atoms with Crippen LogP contribution >= 0.6 is 0 Å². The van der Waals surface area contributed by atoms with E-state index in [0.29, 0.717) is 12.6 Å². The number of aryl methyl sites for hydroxylation is 1. The minimum atomic E-state index is 0.466. The third-order valence-electron chi connectivity index (χ3n) is 2.61. The molecule has 0 aromatic heterocycles. The van der Waals surface area contributed by atoms with Crippen molar-refractivity contribution in [3.8, 4) is 5.75 Å². The summed E-state index contributed by atoms with van der Waals surface area (Å²) in [7, 11) is 0. The molecule has 2 N–H and O–H groups in total. The molecule has 0 amide bonds. The van der Waals surface area contributed by atoms with Gasteiger partial charge in [-0.3, -0.25) is 0 Å². The van der Waals surface area contributed by atoms with Crippen molar-refractivity contribution in [3.05, 3.63) is 29.3 Å².